The molecule has 0 radical (unpaired) electrons. The van der Waals surface area contributed by atoms with Crippen molar-refractivity contribution >= 4 is 23.7 Å². The van der Waals surface area contributed by atoms with Gasteiger partial charge in [-0.25, -0.2) is 9.82 Å². The molecule has 33 heavy (non-hydrogen) atoms. The van der Waals surface area contributed by atoms with E-state index in [9.17, 15) is 9.18 Å². The molecule has 0 unspecified atom stereocenters. The minimum absolute atomic E-state index is 0.159. The van der Waals surface area contributed by atoms with Gasteiger partial charge < -0.3 is 14.2 Å². The minimum Gasteiger partial charge on any atom is -0.493 e. The molecule has 0 bridgehead atoms. The first kappa shape index (κ1) is 23.8. The third-order valence-corrected chi connectivity index (χ3v) is 4.64. The van der Waals surface area contributed by atoms with Crippen LogP contribution in [0.2, 0.25) is 5.02 Å². The number of benzene rings is 3. The van der Waals surface area contributed by atoms with Gasteiger partial charge in [-0.15, -0.1) is 0 Å². The smallest absolute Gasteiger partial charge is 0.271 e. The number of amides is 1. The summed E-state index contributed by atoms with van der Waals surface area (Å²) in [6.45, 7) is 4.07. The first-order valence-electron chi connectivity index (χ1n) is 9.92. The molecule has 3 aromatic rings. The van der Waals surface area contributed by atoms with Gasteiger partial charge in [0, 0.05) is 16.1 Å². The van der Waals surface area contributed by atoms with Crippen LogP contribution in [-0.4, -0.2) is 25.8 Å². The number of ether oxygens (including phenoxy) is 3. The van der Waals surface area contributed by atoms with Gasteiger partial charge in [0.1, 0.15) is 24.8 Å². The molecule has 6 nitrogen and oxygen atoms in total. The fourth-order valence-electron chi connectivity index (χ4n) is 2.84. The minimum atomic E-state index is -0.441. The second kappa shape index (κ2) is 11.7. The predicted octanol–water partition coefficient (Wildman–Crippen LogP) is 5.40. The number of hydrogen-bond donors (Lipinski definition) is 1. The molecule has 0 aliphatic heterocycles. The van der Waals surface area contributed by atoms with Gasteiger partial charge in [-0.1, -0.05) is 36.4 Å². The largest absolute Gasteiger partial charge is 0.493 e. The Balaban J connectivity index is 1.68. The second-order valence-electron chi connectivity index (χ2n) is 6.77. The highest BCUT2D eigenvalue weighted by Crippen LogP contribution is 2.28. The van der Waals surface area contributed by atoms with Crippen LogP contribution in [0.4, 0.5) is 4.39 Å². The topological polar surface area (TPSA) is 69.2 Å². The third kappa shape index (κ3) is 6.82. The molecule has 0 aliphatic carbocycles. The lowest BCUT2D eigenvalue weighted by atomic mass is 10.2. The molecule has 0 saturated carbocycles. The Hall–Kier alpha value is -3.84. The van der Waals surface area contributed by atoms with Crippen molar-refractivity contribution in [2.24, 2.45) is 5.10 Å². The average molecular weight is 469 g/mol. The Morgan fingerprint density at radius 2 is 1.91 bits per heavy atom. The maximum atomic E-state index is 13.4. The lowest BCUT2D eigenvalue weighted by molar-refractivity contribution is 0.0954. The number of nitrogens with one attached hydrogen (secondary N) is 1. The van der Waals surface area contributed by atoms with E-state index in [4.69, 9.17) is 25.8 Å². The maximum Gasteiger partial charge on any atom is 0.271 e. The second-order valence-corrected chi connectivity index (χ2v) is 7.20. The summed E-state index contributed by atoms with van der Waals surface area (Å²) in [6, 6.07) is 15.9. The van der Waals surface area contributed by atoms with Crippen LogP contribution in [0, 0.1) is 5.82 Å². The molecule has 0 spiro atoms. The van der Waals surface area contributed by atoms with Crippen LogP contribution in [0.3, 0.4) is 0 Å². The normalized spacial score (nSPS) is 10.6. The summed E-state index contributed by atoms with van der Waals surface area (Å²) in [5.74, 6) is 0.609. The van der Waals surface area contributed by atoms with E-state index in [0.29, 0.717) is 45.6 Å². The van der Waals surface area contributed by atoms with Crippen LogP contribution in [0.15, 0.2) is 78.4 Å². The molecule has 3 aromatic carbocycles. The van der Waals surface area contributed by atoms with Crippen molar-refractivity contribution in [2.75, 3.05) is 13.7 Å². The number of carbonyl (C=O) groups excluding carboxylic acids is 1. The monoisotopic (exact) mass is 468 g/mol. The highest BCUT2D eigenvalue weighted by molar-refractivity contribution is 6.30. The van der Waals surface area contributed by atoms with Gasteiger partial charge in [0.2, 0.25) is 0 Å². The van der Waals surface area contributed by atoms with Crippen molar-refractivity contribution in [1.82, 2.24) is 5.43 Å². The Bertz CT molecular complexity index is 1170. The summed E-state index contributed by atoms with van der Waals surface area (Å²) in [5.41, 5.74) is 4.02. The zero-order valence-electron chi connectivity index (χ0n) is 17.9. The SMILES string of the molecule is C=CCOc1ccc(C(=O)N/N=C/c2cc(Cl)ccc2OCc2cccc(F)c2)cc1OC. The molecule has 170 valence electrons. The lowest BCUT2D eigenvalue weighted by Gasteiger charge is -2.11. The lowest BCUT2D eigenvalue weighted by Crippen LogP contribution is -2.17. The number of halogens is 2. The molecule has 0 aromatic heterocycles. The van der Waals surface area contributed by atoms with E-state index in [0.717, 1.165) is 0 Å². The molecule has 1 amide bonds. The van der Waals surface area contributed by atoms with Gasteiger partial charge in [0.15, 0.2) is 11.5 Å². The first-order chi connectivity index (χ1) is 16.0. The first-order valence-corrected chi connectivity index (χ1v) is 10.3. The van der Waals surface area contributed by atoms with Crippen molar-refractivity contribution in [3.8, 4) is 17.2 Å². The Morgan fingerprint density at radius 3 is 2.67 bits per heavy atom. The van der Waals surface area contributed by atoms with E-state index >= 15 is 0 Å². The number of hydrogen-bond acceptors (Lipinski definition) is 5. The van der Waals surface area contributed by atoms with Crippen LogP contribution in [0.1, 0.15) is 21.5 Å². The molecule has 0 saturated heterocycles. The van der Waals surface area contributed by atoms with Gasteiger partial charge >= 0.3 is 0 Å². The zero-order valence-corrected chi connectivity index (χ0v) is 18.6. The fourth-order valence-corrected chi connectivity index (χ4v) is 3.02. The summed E-state index contributed by atoms with van der Waals surface area (Å²) in [6.07, 6.45) is 3.03. The number of nitrogens with zero attached hydrogens (tertiary/aromatic N) is 1. The maximum absolute atomic E-state index is 13.4. The van der Waals surface area contributed by atoms with Crippen LogP contribution < -0.4 is 19.6 Å². The van der Waals surface area contributed by atoms with E-state index in [-0.39, 0.29) is 12.4 Å². The molecule has 0 aliphatic rings. The Morgan fingerprint density at radius 1 is 1.09 bits per heavy atom. The molecule has 0 atom stereocenters. The van der Waals surface area contributed by atoms with Gasteiger partial charge in [-0.05, 0) is 54.1 Å². The summed E-state index contributed by atoms with van der Waals surface area (Å²) in [5, 5.41) is 4.48. The van der Waals surface area contributed by atoms with E-state index in [2.05, 4.69) is 17.1 Å². The molecular formula is C25H22ClFN2O4. The molecule has 3 rings (SSSR count). The number of rotatable bonds is 10. The Labute approximate surface area is 196 Å². The molecule has 1 N–H and O–H groups in total. The van der Waals surface area contributed by atoms with Crippen molar-refractivity contribution in [1.29, 1.82) is 0 Å². The van der Waals surface area contributed by atoms with Crippen LogP contribution >= 0.6 is 11.6 Å². The van der Waals surface area contributed by atoms with E-state index in [1.54, 1.807) is 54.6 Å². The zero-order chi connectivity index (χ0) is 23.6. The highest BCUT2D eigenvalue weighted by atomic mass is 35.5. The van der Waals surface area contributed by atoms with Crippen LogP contribution in [-0.2, 0) is 6.61 Å². The molecule has 0 fully saturated rings. The van der Waals surface area contributed by atoms with Crippen molar-refractivity contribution in [3.05, 3.63) is 101 Å². The molecular weight excluding hydrogens is 447 g/mol. The van der Waals surface area contributed by atoms with E-state index < -0.39 is 5.91 Å². The van der Waals surface area contributed by atoms with Crippen molar-refractivity contribution in [2.45, 2.75) is 6.61 Å². The van der Waals surface area contributed by atoms with Crippen molar-refractivity contribution < 1.29 is 23.4 Å². The predicted molar refractivity (Wildman–Crippen MR) is 126 cm³/mol. The summed E-state index contributed by atoms with van der Waals surface area (Å²) in [7, 11) is 1.49. The molecule has 8 heteroatoms. The number of methoxy groups -OCH3 is 1. The van der Waals surface area contributed by atoms with Crippen LogP contribution in [0.5, 0.6) is 17.2 Å². The summed E-state index contributed by atoms with van der Waals surface area (Å²) >= 11 is 6.09. The Kier molecular flexibility index (Phi) is 8.43. The van der Waals surface area contributed by atoms with E-state index in [1.807, 2.05) is 0 Å². The average Bonchev–Trinajstić information content (AvgIpc) is 2.82. The quantitative estimate of drug-likeness (QED) is 0.246. The summed E-state index contributed by atoms with van der Waals surface area (Å²) < 4.78 is 29.9. The van der Waals surface area contributed by atoms with Crippen LogP contribution in [0.25, 0.3) is 0 Å². The van der Waals surface area contributed by atoms with Crippen molar-refractivity contribution in [3.63, 3.8) is 0 Å². The van der Waals surface area contributed by atoms with E-state index in [1.165, 1.54) is 25.5 Å². The van der Waals surface area contributed by atoms with Gasteiger partial charge in [-0.2, -0.15) is 5.10 Å². The summed E-state index contributed by atoms with van der Waals surface area (Å²) in [4.78, 5) is 12.5. The fraction of sp³-hybridized carbons (Fsp3) is 0.120. The molecule has 0 heterocycles. The number of carbonyl (C=O) groups is 1. The standard InChI is InChI=1S/C25H22ClFN2O4/c1-3-11-32-23-9-7-18(14-24(23)31-2)25(30)29-28-15-19-13-20(26)8-10-22(19)33-16-17-5-4-6-21(27)12-17/h3-10,12-15H,1,11,16H2,2H3,(H,29,30)/b28-15+. The third-order valence-electron chi connectivity index (χ3n) is 4.41. The van der Waals surface area contributed by atoms with Gasteiger partial charge in [-0.3, -0.25) is 4.79 Å². The van der Waals surface area contributed by atoms with Gasteiger partial charge in [0.25, 0.3) is 5.91 Å². The highest BCUT2D eigenvalue weighted by Gasteiger charge is 2.11. The number of hydrazone groups is 1. The van der Waals surface area contributed by atoms with Gasteiger partial charge in [0.05, 0.1) is 13.3 Å².